The van der Waals surface area contributed by atoms with Gasteiger partial charge in [0.25, 0.3) is 0 Å². The standard InChI is InChI=1S/C15H16FNO/c1-2-5-12-7-8-15(14(16)10-12)18-11-13-6-3-4-9-17-13/h3-4,6-10H,2,5,11H2,1H3. The molecule has 94 valence electrons. The molecular formula is C15H16FNO. The Bertz CT molecular complexity index is 499. The number of aryl methyl sites for hydroxylation is 1. The number of nitrogens with zero attached hydrogens (tertiary/aromatic N) is 1. The second-order valence-electron chi connectivity index (χ2n) is 4.12. The Morgan fingerprint density at radius 2 is 2.11 bits per heavy atom. The van der Waals surface area contributed by atoms with E-state index in [0.29, 0.717) is 0 Å². The van der Waals surface area contributed by atoms with Crippen LogP contribution in [0.2, 0.25) is 0 Å². The van der Waals surface area contributed by atoms with Gasteiger partial charge < -0.3 is 4.74 Å². The van der Waals surface area contributed by atoms with Crippen LogP contribution in [0, 0.1) is 5.82 Å². The fourth-order valence-electron chi connectivity index (χ4n) is 1.74. The number of ether oxygens (including phenoxy) is 1. The molecule has 0 saturated carbocycles. The predicted octanol–water partition coefficient (Wildman–Crippen LogP) is 3.75. The van der Waals surface area contributed by atoms with Crippen molar-refractivity contribution in [3.8, 4) is 5.75 Å². The van der Waals surface area contributed by atoms with E-state index in [1.807, 2.05) is 24.3 Å². The molecule has 0 fully saturated rings. The summed E-state index contributed by atoms with van der Waals surface area (Å²) in [6.07, 6.45) is 3.59. The zero-order valence-electron chi connectivity index (χ0n) is 10.4. The van der Waals surface area contributed by atoms with Gasteiger partial charge in [0.1, 0.15) is 6.61 Å². The Morgan fingerprint density at radius 3 is 2.78 bits per heavy atom. The van der Waals surface area contributed by atoms with E-state index in [1.54, 1.807) is 12.3 Å². The lowest BCUT2D eigenvalue weighted by Crippen LogP contribution is -1.99. The van der Waals surface area contributed by atoms with Crippen LogP contribution in [0.1, 0.15) is 24.6 Å². The number of benzene rings is 1. The third-order valence-electron chi connectivity index (χ3n) is 2.64. The van der Waals surface area contributed by atoms with Crippen LogP contribution in [0.15, 0.2) is 42.6 Å². The maximum Gasteiger partial charge on any atom is 0.165 e. The summed E-state index contributed by atoms with van der Waals surface area (Å²) in [5.74, 6) is -0.0302. The predicted molar refractivity (Wildman–Crippen MR) is 69.0 cm³/mol. The zero-order valence-corrected chi connectivity index (χ0v) is 10.4. The van der Waals surface area contributed by atoms with Crippen LogP contribution in [0.25, 0.3) is 0 Å². The highest BCUT2D eigenvalue weighted by atomic mass is 19.1. The normalized spacial score (nSPS) is 10.3. The summed E-state index contributed by atoms with van der Waals surface area (Å²) in [5, 5.41) is 0. The number of hydrogen-bond acceptors (Lipinski definition) is 2. The molecule has 0 spiro atoms. The highest BCUT2D eigenvalue weighted by Gasteiger charge is 2.05. The fraction of sp³-hybridized carbons (Fsp3) is 0.267. The fourth-order valence-corrected chi connectivity index (χ4v) is 1.74. The summed E-state index contributed by atoms with van der Waals surface area (Å²) in [6.45, 7) is 2.36. The molecule has 0 aliphatic carbocycles. The number of aromatic nitrogens is 1. The number of pyridine rings is 1. The van der Waals surface area contributed by atoms with E-state index in [2.05, 4.69) is 11.9 Å². The summed E-state index contributed by atoms with van der Waals surface area (Å²) < 4.78 is 19.1. The summed E-state index contributed by atoms with van der Waals surface area (Å²) in [4.78, 5) is 4.12. The number of halogens is 1. The Kier molecular flexibility index (Phi) is 4.29. The molecule has 2 rings (SSSR count). The average molecular weight is 245 g/mol. The summed E-state index contributed by atoms with van der Waals surface area (Å²) in [7, 11) is 0. The van der Waals surface area contributed by atoms with Gasteiger partial charge in [-0.15, -0.1) is 0 Å². The second kappa shape index (κ2) is 6.15. The molecule has 0 amide bonds. The maximum atomic E-state index is 13.7. The van der Waals surface area contributed by atoms with Crippen LogP contribution in [0.3, 0.4) is 0 Å². The highest BCUT2D eigenvalue weighted by molar-refractivity contribution is 5.29. The Hall–Kier alpha value is -1.90. The molecule has 1 aromatic carbocycles. The molecular weight excluding hydrogens is 229 g/mol. The molecule has 3 heteroatoms. The third kappa shape index (κ3) is 3.29. The zero-order chi connectivity index (χ0) is 12.8. The van der Waals surface area contributed by atoms with E-state index < -0.39 is 0 Å². The molecule has 0 bridgehead atoms. The van der Waals surface area contributed by atoms with Gasteiger partial charge in [-0.2, -0.15) is 0 Å². The quantitative estimate of drug-likeness (QED) is 0.800. The van der Waals surface area contributed by atoms with Gasteiger partial charge >= 0.3 is 0 Å². The van der Waals surface area contributed by atoms with Crippen molar-refractivity contribution >= 4 is 0 Å². The van der Waals surface area contributed by atoms with Crippen molar-refractivity contribution in [2.45, 2.75) is 26.4 Å². The SMILES string of the molecule is CCCc1ccc(OCc2ccccn2)c(F)c1. The van der Waals surface area contributed by atoms with Gasteiger partial charge in [-0.1, -0.05) is 25.5 Å². The molecule has 0 aliphatic rings. The lowest BCUT2D eigenvalue weighted by Gasteiger charge is -2.08. The van der Waals surface area contributed by atoms with Gasteiger partial charge in [0.2, 0.25) is 0 Å². The van der Waals surface area contributed by atoms with E-state index in [-0.39, 0.29) is 18.2 Å². The van der Waals surface area contributed by atoms with Crippen LogP contribution in [-0.4, -0.2) is 4.98 Å². The molecule has 0 radical (unpaired) electrons. The molecule has 2 aromatic rings. The van der Waals surface area contributed by atoms with Crippen molar-refractivity contribution in [2.24, 2.45) is 0 Å². The molecule has 1 aromatic heterocycles. The molecule has 0 saturated heterocycles. The van der Waals surface area contributed by atoms with Gasteiger partial charge in [-0.05, 0) is 36.2 Å². The van der Waals surface area contributed by atoms with Crippen LogP contribution in [0.4, 0.5) is 4.39 Å². The molecule has 2 nitrogen and oxygen atoms in total. The van der Waals surface area contributed by atoms with Crippen molar-refractivity contribution in [2.75, 3.05) is 0 Å². The van der Waals surface area contributed by atoms with Crippen molar-refractivity contribution in [1.82, 2.24) is 4.98 Å². The minimum Gasteiger partial charge on any atom is -0.484 e. The summed E-state index contributed by atoms with van der Waals surface area (Å²) in [6, 6.07) is 10.7. The van der Waals surface area contributed by atoms with Crippen LogP contribution >= 0.6 is 0 Å². The molecule has 1 heterocycles. The van der Waals surface area contributed by atoms with Gasteiger partial charge in [0.15, 0.2) is 11.6 Å². The molecule has 0 atom stereocenters. The topological polar surface area (TPSA) is 22.1 Å². The van der Waals surface area contributed by atoms with Crippen LogP contribution < -0.4 is 4.74 Å². The first kappa shape index (κ1) is 12.6. The van der Waals surface area contributed by atoms with Gasteiger partial charge in [0, 0.05) is 6.20 Å². The van der Waals surface area contributed by atoms with E-state index in [4.69, 9.17) is 4.74 Å². The first-order chi connectivity index (χ1) is 8.79. The first-order valence-electron chi connectivity index (χ1n) is 6.10. The summed E-state index contributed by atoms with van der Waals surface area (Å²) >= 11 is 0. The molecule has 0 unspecified atom stereocenters. The van der Waals surface area contributed by atoms with Crippen LogP contribution in [0.5, 0.6) is 5.75 Å². The maximum absolute atomic E-state index is 13.7. The van der Waals surface area contributed by atoms with Crippen molar-refractivity contribution < 1.29 is 9.13 Å². The van der Waals surface area contributed by atoms with Crippen LogP contribution in [-0.2, 0) is 13.0 Å². The highest BCUT2D eigenvalue weighted by Crippen LogP contribution is 2.20. The average Bonchev–Trinajstić information content (AvgIpc) is 2.39. The van der Waals surface area contributed by atoms with E-state index >= 15 is 0 Å². The number of rotatable bonds is 5. The Morgan fingerprint density at radius 1 is 1.22 bits per heavy atom. The first-order valence-corrected chi connectivity index (χ1v) is 6.10. The summed E-state index contributed by atoms with van der Waals surface area (Å²) in [5.41, 5.74) is 1.79. The van der Waals surface area contributed by atoms with Gasteiger partial charge in [0.05, 0.1) is 5.69 Å². The Labute approximate surface area is 106 Å². The monoisotopic (exact) mass is 245 g/mol. The smallest absolute Gasteiger partial charge is 0.165 e. The minimum atomic E-state index is -0.308. The minimum absolute atomic E-state index is 0.278. The molecule has 0 N–H and O–H groups in total. The van der Waals surface area contributed by atoms with Gasteiger partial charge in [-0.25, -0.2) is 4.39 Å². The number of hydrogen-bond donors (Lipinski definition) is 0. The van der Waals surface area contributed by atoms with Crippen molar-refractivity contribution in [3.05, 3.63) is 59.7 Å². The van der Waals surface area contributed by atoms with Crippen molar-refractivity contribution in [3.63, 3.8) is 0 Å². The third-order valence-corrected chi connectivity index (χ3v) is 2.64. The van der Waals surface area contributed by atoms with E-state index in [1.165, 1.54) is 6.07 Å². The lowest BCUT2D eigenvalue weighted by molar-refractivity contribution is 0.286. The Balaban J connectivity index is 2.01. The largest absolute Gasteiger partial charge is 0.484 e. The second-order valence-corrected chi connectivity index (χ2v) is 4.12. The van der Waals surface area contributed by atoms with Crippen molar-refractivity contribution in [1.29, 1.82) is 0 Å². The van der Waals surface area contributed by atoms with E-state index in [0.717, 1.165) is 24.1 Å². The van der Waals surface area contributed by atoms with Gasteiger partial charge in [-0.3, -0.25) is 4.98 Å². The molecule has 0 aliphatic heterocycles. The molecule has 18 heavy (non-hydrogen) atoms. The van der Waals surface area contributed by atoms with E-state index in [9.17, 15) is 4.39 Å². The lowest BCUT2D eigenvalue weighted by atomic mass is 10.1.